The van der Waals surface area contributed by atoms with Gasteiger partial charge in [-0.1, -0.05) is 13.8 Å². The molecule has 0 aromatic carbocycles. The summed E-state index contributed by atoms with van der Waals surface area (Å²) >= 11 is 2.06. The summed E-state index contributed by atoms with van der Waals surface area (Å²) in [6, 6.07) is 0. The van der Waals surface area contributed by atoms with Crippen molar-refractivity contribution in [3.05, 3.63) is 0 Å². The highest BCUT2D eigenvalue weighted by Gasteiger charge is 2.36. The highest BCUT2D eigenvalue weighted by atomic mass is 32.2. The van der Waals surface area contributed by atoms with Crippen LogP contribution in [0.5, 0.6) is 0 Å². The van der Waals surface area contributed by atoms with Gasteiger partial charge >= 0.3 is 0 Å². The first-order valence-electron chi connectivity index (χ1n) is 7.00. The Hall–Kier alpha value is 0.270. The van der Waals surface area contributed by atoms with Gasteiger partial charge in [-0.3, -0.25) is 0 Å². The van der Waals surface area contributed by atoms with Crippen LogP contribution in [0.3, 0.4) is 0 Å². The molecule has 17 heavy (non-hydrogen) atoms. The molecule has 1 aliphatic carbocycles. The van der Waals surface area contributed by atoms with Gasteiger partial charge in [0.2, 0.25) is 0 Å². The second kappa shape index (κ2) is 5.50. The van der Waals surface area contributed by atoms with E-state index < -0.39 is 5.60 Å². The number of nitrogens with one attached hydrogen (secondary N) is 1. The minimum atomic E-state index is -0.429. The summed E-state index contributed by atoms with van der Waals surface area (Å²) in [4.78, 5) is 0. The van der Waals surface area contributed by atoms with Crippen molar-refractivity contribution < 1.29 is 5.11 Å². The van der Waals surface area contributed by atoms with Gasteiger partial charge < -0.3 is 10.4 Å². The van der Waals surface area contributed by atoms with Crippen LogP contribution in [0.25, 0.3) is 0 Å². The standard InChI is InChI=1S/C14H27NOS/c1-13(2)4-6-14(16,7-5-13)11-15-9-12-3-8-17-10-12/h12,15-16H,3-11H2,1-2H3. The molecule has 1 atom stereocenters. The van der Waals surface area contributed by atoms with Crippen molar-refractivity contribution in [1.29, 1.82) is 0 Å². The summed E-state index contributed by atoms with van der Waals surface area (Å²) in [5, 5.41) is 14.0. The lowest BCUT2D eigenvalue weighted by Crippen LogP contribution is -2.46. The minimum absolute atomic E-state index is 0.429. The number of hydrogen-bond donors (Lipinski definition) is 2. The Labute approximate surface area is 110 Å². The van der Waals surface area contributed by atoms with E-state index in [1.165, 1.54) is 17.9 Å². The Morgan fingerprint density at radius 1 is 1.24 bits per heavy atom. The van der Waals surface area contributed by atoms with Gasteiger partial charge in [-0.05, 0) is 61.5 Å². The first-order chi connectivity index (χ1) is 7.99. The number of aliphatic hydroxyl groups is 1. The summed E-state index contributed by atoms with van der Waals surface area (Å²) in [6.45, 7) is 6.52. The van der Waals surface area contributed by atoms with E-state index >= 15 is 0 Å². The number of hydrogen-bond acceptors (Lipinski definition) is 3. The average molecular weight is 257 g/mol. The lowest BCUT2D eigenvalue weighted by Gasteiger charge is -2.40. The molecule has 0 bridgehead atoms. The largest absolute Gasteiger partial charge is 0.389 e. The van der Waals surface area contributed by atoms with Crippen molar-refractivity contribution >= 4 is 11.8 Å². The smallest absolute Gasteiger partial charge is 0.0772 e. The van der Waals surface area contributed by atoms with E-state index in [0.717, 1.165) is 44.7 Å². The van der Waals surface area contributed by atoms with Crippen molar-refractivity contribution in [3.8, 4) is 0 Å². The van der Waals surface area contributed by atoms with Gasteiger partial charge in [-0.25, -0.2) is 0 Å². The molecule has 1 saturated heterocycles. The fourth-order valence-electron chi connectivity index (χ4n) is 2.82. The quantitative estimate of drug-likeness (QED) is 0.812. The van der Waals surface area contributed by atoms with Crippen molar-refractivity contribution in [2.45, 2.75) is 51.6 Å². The van der Waals surface area contributed by atoms with Crippen LogP contribution in [0.1, 0.15) is 46.0 Å². The van der Waals surface area contributed by atoms with Crippen LogP contribution in [-0.4, -0.2) is 35.3 Å². The maximum Gasteiger partial charge on any atom is 0.0772 e. The molecule has 2 nitrogen and oxygen atoms in total. The molecule has 0 radical (unpaired) electrons. The van der Waals surface area contributed by atoms with E-state index in [9.17, 15) is 5.11 Å². The summed E-state index contributed by atoms with van der Waals surface area (Å²) in [6.07, 6.45) is 5.59. The minimum Gasteiger partial charge on any atom is -0.389 e. The third-order valence-corrected chi connectivity index (χ3v) is 5.68. The first kappa shape index (κ1) is 13.7. The van der Waals surface area contributed by atoms with E-state index in [1.807, 2.05) is 0 Å². The van der Waals surface area contributed by atoms with Gasteiger partial charge in [0.15, 0.2) is 0 Å². The van der Waals surface area contributed by atoms with Crippen LogP contribution >= 0.6 is 11.8 Å². The SMILES string of the molecule is CC1(C)CCC(O)(CNCC2CCSC2)CC1. The van der Waals surface area contributed by atoms with E-state index in [4.69, 9.17) is 0 Å². The zero-order chi connectivity index (χ0) is 12.4. The lowest BCUT2D eigenvalue weighted by atomic mass is 9.71. The Bertz CT molecular complexity index is 239. The summed E-state index contributed by atoms with van der Waals surface area (Å²) in [5.41, 5.74) is 0.00951. The van der Waals surface area contributed by atoms with Gasteiger partial charge in [-0.2, -0.15) is 11.8 Å². The molecule has 0 aromatic rings. The fourth-order valence-corrected chi connectivity index (χ4v) is 4.11. The molecule has 2 rings (SSSR count). The fraction of sp³-hybridized carbons (Fsp3) is 1.00. The summed E-state index contributed by atoms with van der Waals surface area (Å²) in [5.74, 6) is 3.46. The van der Waals surface area contributed by atoms with Gasteiger partial charge in [0.05, 0.1) is 5.60 Å². The van der Waals surface area contributed by atoms with Gasteiger partial charge in [0.1, 0.15) is 0 Å². The van der Waals surface area contributed by atoms with Gasteiger partial charge in [0, 0.05) is 6.54 Å². The van der Waals surface area contributed by atoms with Crippen molar-refractivity contribution in [2.24, 2.45) is 11.3 Å². The van der Waals surface area contributed by atoms with Crippen LogP contribution in [0.4, 0.5) is 0 Å². The van der Waals surface area contributed by atoms with Crippen LogP contribution in [0, 0.1) is 11.3 Å². The molecular weight excluding hydrogens is 230 g/mol. The van der Waals surface area contributed by atoms with Crippen molar-refractivity contribution in [2.75, 3.05) is 24.6 Å². The molecule has 2 N–H and O–H groups in total. The maximum atomic E-state index is 10.5. The van der Waals surface area contributed by atoms with E-state index in [0.29, 0.717) is 5.41 Å². The third-order valence-electron chi connectivity index (χ3n) is 4.45. The Kier molecular flexibility index (Phi) is 4.43. The molecule has 100 valence electrons. The highest BCUT2D eigenvalue weighted by Crippen LogP contribution is 2.39. The summed E-state index contributed by atoms with van der Waals surface area (Å²) in [7, 11) is 0. The Morgan fingerprint density at radius 3 is 2.53 bits per heavy atom. The molecule has 0 aromatic heterocycles. The molecule has 2 fully saturated rings. The average Bonchev–Trinajstić information content (AvgIpc) is 2.77. The molecule has 0 amide bonds. The Morgan fingerprint density at radius 2 is 1.94 bits per heavy atom. The number of rotatable bonds is 4. The van der Waals surface area contributed by atoms with Crippen LogP contribution in [-0.2, 0) is 0 Å². The monoisotopic (exact) mass is 257 g/mol. The second-order valence-corrected chi connectivity index (χ2v) is 7.90. The van der Waals surface area contributed by atoms with Crippen molar-refractivity contribution in [1.82, 2.24) is 5.32 Å². The Balaban J connectivity index is 1.67. The van der Waals surface area contributed by atoms with Gasteiger partial charge in [0.25, 0.3) is 0 Å². The van der Waals surface area contributed by atoms with Crippen LogP contribution in [0.15, 0.2) is 0 Å². The molecule has 3 heteroatoms. The molecule has 1 unspecified atom stereocenters. The zero-order valence-corrected chi connectivity index (χ0v) is 12.1. The van der Waals surface area contributed by atoms with E-state index in [-0.39, 0.29) is 0 Å². The highest BCUT2D eigenvalue weighted by molar-refractivity contribution is 7.99. The molecular formula is C14H27NOS. The predicted octanol–water partition coefficient (Wildman–Crippen LogP) is 2.66. The number of thioether (sulfide) groups is 1. The van der Waals surface area contributed by atoms with E-state index in [1.54, 1.807) is 0 Å². The molecule has 1 saturated carbocycles. The molecule has 0 spiro atoms. The van der Waals surface area contributed by atoms with E-state index in [2.05, 4.69) is 30.9 Å². The first-order valence-corrected chi connectivity index (χ1v) is 8.16. The second-order valence-electron chi connectivity index (χ2n) is 6.75. The molecule has 1 heterocycles. The zero-order valence-electron chi connectivity index (χ0n) is 11.3. The van der Waals surface area contributed by atoms with Crippen LogP contribution < -0.4 is 5.32 Å². The predicted molar refractivity (Wildman–Crippen MR) is 75.5 cm³/mol. The molecule has 1 aliphatic heterocycles. The van der Waals surface area contributed by atoms with Crippen LogP contribution in [0.2, 0.25) is 0 Å². The molecule has 2 aliphatic rings. The van der Waals surface area contributed by atoms with Crippen molar-refractivity contribution in [3.63, 3.8) is 0 Å². The van der Waals surface area contributed by atoms with Gasteiger partial charge in [-0.15, -0.1) is 0 Å². The third kappa shape index (κ3) is 4.15. The maximum absolute atomic E-state index is 10.5. The topological polar surface area (TPSA) is 32.3 Å². The lowest BCUT2D eigenvalue weighted by molar-refractivity contribution is -0.0246. The normalized spacial score (nSPS) is 31.6. The summed E-state index contributed by atoms with van der Waals surface area (Å²) < 4.78 is 0.